The lowest BCUT2D eigenvalue weighted by molar-refractivity contribution is 0.653. The highest BCUT2D eigenvalue weighted by Gasteiger charge is 1.97. The van der Waals surface area contributed by atoms with Crippen LogP contribution < -0.4 is 11.5 Å². The Bertz CT molecular complexity index is 346. The standard InChI is InChI=1S/C13H20BrN3/c14-12-7-5-11(6-8-12)13(16)17-10-4-2-1-3-9-15/h5-8H,1-4,9-10,15H2,(H2,16,17). The molecule has 94 valence electrons. The van der Waals surface area contributed by atoms with Crippen LogP contribution in [0.4, 0.5) is 0 Å². The third kappa shape index (κ3) is 5.84. The zero-order valence-corrected chi connectivity index (χ0v) is 11.6. The lowest BCUT2D eigenvalue weighted by Gasteiger charge is -2.01. The predicted molar refractivity (Wildman–Crippen MR) is 77.3 cm³/mol. The Labute approximate surface area is 111 Å². The molecule has 0 unspecified atom stereocenters. The molecule has 3 nitrogen and oxygen atoms in total. The summed E-state index contributed by atoms with van der Waals surface area (Å²) in [6.07, 6.45) is 4.54. The van der Waals surface area contributed by atoms with Crippen molar-refractivity contribution in [1.29, 1.82) is 0 Å². The Hall–Kier alpha value is -0.870. The number of aliphatic imine (C=N–C) groups is 1. The fraction of sp³-hybridized carbons (Fsp3) is 0.462. The maximum absolute atomic E-state index is 5.90. The van der Waals surface area contributed by atoms with E-state index in [2.05, 4.69) is 20.9 Å². The van der Waals surface area contributed by atoms with Gasteiger partial charge in [0.2, 0.25) is 0 Å². The maximum Gasteiger partial charge on any atom is 0.125 e. The molecule has 0 radical (unpaired) electrons. The van der Waals surface area contributed by atoms with Crippen LogP contribution in [0.1, 0.15) is 31.2 Å². The molecule has 1 aromatic carbocycles. The van der Waals surface area contributed by atoms with Crippen LogP contribution in [0.2, 0.25) is 0 Å². The van der Waals surface area contributed by atoms with E-state index >= 15 is 0 Å². The average molecular weight is 298 g/mol. The molecule has 0 saturated carbocycles. The first-order valence-corrected chi connectivity index (χ1v) is 6.79. The monoisotopic (exact) mass is 297 g/mol. The van der Waals surface area contributed by atoms with Gasteiger partial charge in [0, 0.05) is 16.6 Å². The lowest BCUT2D eigenvalue weighted by atomic mass is 10.2. The summed E-state index contributed by atoms with van der Waals surface area (Å²) in [6, 6.07) is 7.88. The molecular formula is C13H20BrN3. The van der Waals surface area contributed by atoms with E-state index < -0.39 is 0 Å². The van der Waals surface area contributed by atoms with Crippen LogP contribution in [0.3, 0.4) is 0 Å². The van der Waals surface area contributed by atoms with E-state index in [0.29, 0.717) is 5.84 Å². The Morgan fingerprint density at radius 3 is 2.35 bits per heavy atom. The van der Waals surface area contributed by atoms with Gasteiger partial charge < -0.3 is 11.5 Å². The molecule has 0 aliphatic rings. The van der Waals surface area contributed by atoms with Gasteiger partial charge in [0.15, 0.2) is 0 Å². The first kappa shape index (κ1) is 14.2. The topological polar surface area (TPSA) is 64.4 Å². The molecule has 0 atom stereocenters. The van der Waals surface area contributed by atoms with Crippen molar-refractivity contribution >= 4 is 21.8 Å². The number of benzene rings is 1. The van der Waals surface area contributed by atoms with Crippen molar-refractivity contribution in [2.45, 2.75) is 25.7 Å². The maximum atomic E-state index is 5.90. The van der Waals surface area contributed by atoms with Gasteiger partial charge in [-0.05, 0) is 31.5 Å². The molecule has 0 fully saturated rings. The molecule has 1 aromatic rings. The molecular weight excluding hydrogens is 278 g/mol. The minimum Gasteiger partial charge on any atom is -0.384 e. The third-order valence-electron chi connectivity index (χ3n) is 2.53. The zero-order chi connectivity index (χ0) is 12.5. The van der Waals surface area contributed by atoms with Crippen molar-refractivity contribution in [2.75, 3.05) is 13.1 Å². The van der Waals surface area contributed by atoms with Gasteiger partial charge in [0.05, 0.1) is 0 Å². The van der Waals surface area contributed by atoms with Gasteiger partial charge in [0.25, 0.3) is 0 Å². The Kier molecular flexibility index (Phi) is 6.89. The van der Waals surface area contributed by atoms with Crippen LogP contribution in [-0.4, -0.2) is 18.9 Å². The van der Waals surface area contributed by atoms with Gasteiger partial charge in [0.1, 0.15) is 5.84 Å². The Morgan fingerprint density at radius 1 is 1.06 bits per heavy atom. The van der Waals surface area contributed by atoms with Gasteiger partial charge in [-0.1, -0.05) is 40.9 Å². The van der Waals surface area contributed by atoms with Crippen molar-refractivity contribution in [1.82, 2.24) is 0 Å². The molecule has 0 amide bonds. The van der Waals surface area contributed by atoms with E-state index in [1.165, 1.54) is 12.8 Å². The smallest absolute Gasteiger partial charge is 0.125 e. The van der Waals surface area contributed by atoms with Crippen LogP contribution in [0.25, 0.3) is 0 Å². The van der Waals surface area contributed by atoms with E-state index in [1.54, 1.807) is 0 Å². The second-order valence-electron chi connectivity index (χ2n) is 3.98. The van der Waals surface area contributed by atoms with Crippen LogP contribution in [0, 0.1) is 0 Å². The van der Waals surface area contributed by atoms with Crippen molar-refractivity contribution in [3.8, 4) is 0 Å². The van der Waals surface area contributed by atoms with Crippen LogP contribution in [0.15, 0.2) is 33.7 Å². The normalized spacial score (nSPS) is 11.8. The quantitative estimate of drug-likeness (QED) is 0.462. The van der Waals surface area contributed by atoms with E-state index in [-0.39, 0.29) is 0 Å². The molecule has 1 rings (SSSR count). The largest absolute Gasteiger partial charge is 0.384 e. The molecule has 0 aromatic heterocycles. The van der Waals surface area contributed by atoms with Crippen molar-refractivity contribution in [3.63, 3.8) is 0 Å². The highest BCUT2D eigenvalue weighted by Crippen LogP contribution is 2.10. The summed E-state index contributed by atoms with van der Waals surface area (Å²) in [5, 5.41) is 0. The van der Waals surface area contributed by atoms with Crippen molar-refractivity contribution in [2.24, 2.45) is 16.5 Å². The first-order chi connectivity index (χ1) is 8.24. The van der Waals surface area contributed by atoms with Crippen LogP contribution in [-0.2, 0) is 0 Å². The Morgan fingerprint density at radius 2 is 1.71 bits per heavy atom. The Balaban J connectivity index is 2.31. The number of unbranched alkanes of at least 4 members (excludes halogenated alkanes) is 3. The third-order valence-corrected chi connectivity index (χ3v) is 3.06. The summed E-state index contributed by atoms with van der Waals surface area (Å²) in [5.74, 6) is 0.622. The average Bonchev–Trinajstić information content (AvgIpc) is 2.34. The van der Waals surface area contributed by atoms with E-state index in [4.69, 9.17) is 11.5 Å². The molecule has 17 heavy (non-hydrogen) atoms. The number of hydrogen-bond acceptors (Lipinski definition) is 2. The number of halogens is 1. The number of amidine groups is 1. The van der Waals surface area contributed by atoms with Crippen molar-refractivity contribution < 1.29 is 0 Å². The molecule has 4 N–H and O–H groups in total. The minimum atomic E-state index is 0.622. The first-order valence-electron chi connectivity index (χ1n) is 6.00. The fourth-order valence-electron chi connectivity index (χ4n) is 1.52. The molecule has 0 aliphatic heterocycles. The van der Waals surface area contributed by atoms with E-state index in [0.717, 1.165) is 36.0 Å². The predicted octanol–water partition coefficient (Wildman–Crippen LogP) is 2.67. The molecule has 0 spiro atoms. The lowest BCUT2D eigenvalue weighted by Crippen LogP contribution is -2.13. The highest BCUT2D eigenvalue weighted by atomic mass is 79.9. The summed E-state index contributed by atoms with van der Waals surface area (Å²) in [6.45, 7) is 1.58. The van der Waals surface area contributed by atoms with Gasteiger partial charge in [-0.25, -0.2) is 0 Å². The summed E-state index contributed by atoms with van der Waals surface area (Å²) in [5.41, 5.74) is 12.3. The van der Waals surface area contributed by atoms with Gasteiger partial charge in [-0.3, -0.25) is 4.99 Å². The van der Waals surface area contributed by atoms with E-state index in [9.17, 15) is 0 Å². The fourth-order valence-corrected chi connectivity index (χ4v) is 1.79. The number of rotatable bonds is 7. The highest BCUT2D eigenvalue weighted by molar-refractivity contribution is 9.10. The number of hydrogen-bond donors (Lipinski definition) is 2. The summed E-state index contributed by atoms with van der Waals surface area (Å²) < 4.78 is 1.05. The summed E-state index contributed by atoms with van der Waals surface area (Å²) >= 11 is 3.39. The minimum absolute atomic E-state index is 0.622. The number of nitrogens with two attached hydrogens (primary N) is 2. The van der Waals surface area contributed by atoms with Gasteiger partial charge in [-0.15, -0.1) is 0 Å². The molecule has 0 bridgehead atoms. The molecule has 4 heteroatoms. The SMILES string of the molecule is NCCCCCCN=C(N)c1ccc(Br)cc1. The van der Waals surface area contributed by atoms with Gasteiger partial charge >= 0.3 is 0 Å². The van der Waals surface area contributed by atoms with Gasteiger partial charge in [-0.2, -0.15) is 0 Å². The van der Waals surface area contributed by atoms with E-state index in [1.807, 2.05) is 24.3 Å². The van der Waals surface area contributed by atoms with Crippen LogP contribution >= 0.6 is 15.9 Å². The summed E-state index contributed by atoms with van der Waals surface area (Å²) in [4.78, 5) is 4.37. The second kappa shape index (κ2) is 8.25. The zero-order valence-electron chi connectivity index (χ0n) is 10.0. The molecule has 0 aliphatic carbocycles. The molecule has 0 saturated heterocycles. The molecule has 0 heterocycles. The number of nitrogens with zero attached hydrogens (tertiary/aromatic N) is 1. The second-order valence-corrected chi connectivity index (χ2v) is 4.89. The summed E-state index contributed by atoms with van der Waals surface area (Å²) in [7, 11) is 0. The van der Waals surface area contributed by atoms with Crippen molar-refractivity contribution in [3.05, 3.63) is 34.3 Å². The van der Waals surface area contributed by atoms with Crippen LogP contribution in [0.5, 0.6) is 0 Å².